The molecule has 150 valence electrons. The number of anilines is 2. The number of hydrogen-bond donors (Lipinski definition) is 1. The maximum atomic E-state index is 11.8. The van der Waals surface area contributed by atoms with E-state index in [2.05, 4.69) is 44.5 Å². The molecule has 0 unspecified atom stereocenters. The molecule has 1 aliphatic rings. The van der Waals surface area contributed by atoms with Gasteiger partial charge in [-0.1, -0.05) is 30.3 Å². The fraction of sp³-hybridized carbons (Fsp3) is 0.476. The SMILES string of the molecule is CCOC(=O)N1CCN(c2cc(C)nc(NCCCc3ccccc3)n2)CC1. The lowest BCUT2D eigenvalue weighted by atomic mass is 10.1. The molecule has 0 radical (unpaired) electrons. The molecule has 1 saturated heterocycles. The van der Waals surface area contributed by atoms with Gasteiger partial charge in [-0.15, -0.1) is 0 Å². The van der Waals surface area contributed by atoms with Crippen LogP contribution in [0.2, 0.25) is 0 Å². The minimum absolute atomic E-state index is 0.234. The molecule has 2 aromatic rings. The number of nitrogens with one attached hydrogen (secondary N) is 1. The first-order valence-corrected chi connectivity index (χ1v) is 9.96. The van der Waals surface area contributed by atoms with E-state index in [9.17, 15) is 4.79 Å². The van der Waals surface area contributed by atoms with Gasteiger partial charge in [0.25, 0.3) is 0 Å². The fourth-order valence-corrected chi connectivity index (χ4v) is 3.26. The van der Waals surface area contributed by atoms with Crippen molar-refractivity contribution in [2.75, 3.05) is 49.5 Å². The summed E-state index contributed by atoms with van der Waals surface area (Å²) < 4.78 is 5.08. The number of aromatic nitrogens is 2. The van der Waals surface area contributed by atoms with Crippen molar-refractivity contribution < 1.29 is 9.53 Å². The number of carbonyl (C=O) groups is 1. The smallest absolute Gasteiger partial charge is 0.409 e. The molecule has 1 fully saturated rings. The lowest BCUT2D eigenvalue weighted by molar-refractivity contribution is 0.105. The Morgan fingerprint density at radius 1 is 1.14 bits per heavy atom. The van der Waals surface area contributed by atoms with Crippen LogP contribution in [0.4, 0.5) is 16.6 Å². The van der Waals surface area contributed by atoms with E-state index in [-0.39, 0.29) is 6.09 Å². The van der Waals surface area contributed by atoms with E-state index < -0.39 is 0 Å². The van der Waals surface area contributed by atoms with Crippen LogP contribution in [0.25, 0.3) is 0 Å². The molecule has 7 nitrogen and oxygen atoms in total. The average molecular weight is 383 g/mol. The summed E-state index contributed by atoms with van der Waals surface area (Å²) in [5.74, 6) is 1.57. The standard InChI is InChI=1S/C21H29N5O2/c1-3-28-21(27)26-14-12-25(13-15-26)19-16-17(2)23-20(24-19)22-11-7-10-18-8-5-4-6-9-18/h4-6,8-9,16H,3,7,10-15H2,1-2H3,(H,22,23,24). The van der Waals surface area contributed by atoms with Crippen molar-refractivity contribution in [1.82, 2.24) is 14.9 Å². The van der Waals surface area contributed by atoms with E-state index in [4.69, 9.17) is 4.74 Å². The van der Waals surface area contributed by atoms with E-state index in [0.717, 1.165) is 44.0 Å². The minimum atomic E-state index is -0.234. The molecular weight excluding hydrogens is 354 g/mol. The summed E-state index contributed by atoms with van der Waals surface area (Å²) in [6.45, 7) is 7.80. The van der Waals surface area contributed by atoms with Crippen LogP contribution in [0.5, 0.6) is 0 Å². The third-order valence-electron chi connectivity index (χ3n) is 4.74. The van der Waals surface area contributed by atoms with Gasteiger partial charge in [-0.2, -0.15) is 4.98 Å². The zero-order valence-electron chi connectivity index (χ0n) is 16.7. The van der Waals surface area contributed by atoms with Crippen LogP contribution in [-0.2, 0) is 11.2 Å². The molecule has 0 saturated carbocycles. The minimum Gasteiger partial charge on any atom is -0.450 e. The van der Waals surface area contributed by atoms with E-state index in [0.29, 0.717) is 25.6 Å². The third kappa shape index (κ3) is 5.58. The van der Waals surface area contributed by atoms with Gasteiger partial charge in [-0.3, -0.25) is 0 Å². The Bertz CT molecular complexity index is 761. The predicted molar refractivity (Wildman–Crippen MR) is 111 cm³/mol. The second-order valence-corrected chi connectivity index (χ2v) is 6.88. The monoisotopic (exact) mass is 383 g/mol. The largest absolute Gasteiger partial charge is 0.450 e. The van der Waals surface area contributed by atoms with Gasteiger partial charge < -0.3 is 19.9 Å². The van der Waals surface area contributed by atoms with Gasteiger partial charge >= 0.3 is 6.09 Å². The van der Waals surface area contributed by atoms with E-state index in [1.54, 1.807) is 4.90 Å². The number of hydrogen-bond acceptors (Lipinski definition) is 6. The highest BCUT2D eigenvalue weighted by Gasteiger charge is 2.23. The van der Waals surface area contributed by atoms with Crippen molar-refractivity contribution in [3.63, 3.8) is 0 Å². The van der Waals surface area contributed by atoms with Crippen LogP contribution in [0, 0.1) is 6.92 Å². The molecular formula is C21H29N5O2. The number of ether oxygens (including phenoxy) is 1. The van der Waals surface area contributed by atoms with Crippen LogP contribution in [0.1, 0.15) is 24.6 Å². The zero-order chi connectivity index (χ0) is 19.8. The zero-order valence-corrected chi connectivity index (χ0v) is 16.7. The van der Waals surface area contributed by atoms with Crippen molar-refractivity contribution in [1.29, 1.82) is 0 Å². The van der Waals surface area contributed by atoms with Crippen LogP contribution < -0.4 is 10.2 Å². The lowest BCUT2D eigenvalue weighted by Crippen LogP contribution is -2.49. The Morgan fingerprint density at radius 3 is 2.61 bits per heavy atom. The first kappa shape index (κ1) is 19.9. The second kappa shape index (κ2) is 9.92. The average Bonchev–Trinajstić information content (AvgIpc) is 2.72. The molecule has 1 aliphatic heterocycles. The summed E-state index contributed by atoms with van der Waals surface area (Å²) in [4.78, 5) is 25.0. The van der Waals surface area contributed by atoms with Crippen LogP contribution in [0.3, 0.4) is 0 Å². The molecule has 2 heterocycles. The maximum absolute atomic E-state index is 11.8. The van der Waals surface area contributed by atoms with Crippen molar-refractivity contribution in [2.45, 2.75) is 26.7 Å². The van der Waals surface area contributed by atoms with Gasteiger partial charge in [0.15, 0.2) is 0 Å². The summed E-state index contributed by atoms with van der Waals surface area (Å²) in [5.41, 5.74) is 2.28. The molecule has 0 bridgehead atoms. The van der Waals surface area contributed by atoms with E-state index in [1.807, 2.05) is 26.0 Å². The highest BCUT2D eigenvalue weighted by molar-refractivity contribution is 5.68. The topological polar surface area (TPSA) is 70.6 Å². The molecule has 1 amide bonds. The highest BCUT2D eigenvalue weighted by Crippen LogP contribution is 2.17. The number of carbonyl (C=O) groups excluding carboxylic acids is 1. The summed E-state index contributed by atoms with van der Waals surface area (Å²) in [5, 5.41) is 3.35. The Kier molecular flexibility index (Phi) is 7.06. The Balaban J connectivity index is 1.51. The van der Waals surface area contributed by atoms with Gasteiger partial charge in [-0.05, 0) is 32.3 Å². The van der Waals surface area contributed by atoms with Gasteiger partial charge in [0.05, 0.1) is 6.61 Å². The molecule has 7 heteroatoms. The Labute approximate surface area is 166 Å². The number of aryl methyl sites for hydroxylation is 2. The van der Waals surface area contributed by atoms with Gasteiger partial charge in [0.1, 0.15) is 5.82 Å². The number of rotatable bonds is 7. The normalized spacial score (nSPS) is 14.1. The number of nitrogens with zero attached hydrogens (tertiary/aromatic N) is 4. The lowest BCUT2D eigenvalue weighted by Gasteiger charge is -2.34. The number of piperazine rings is 1. The Morgan fingerprint density at radius 2 is 1.89 bits per heavy atom. The third-order valence-corrected chi connectivity index (χ3v) is 4.74. The number of amides is 1. The first-order chi connectivity index (χ1) is 13.7. The fourth-order valence-electron chi connectivity index (χ4n) is 3.26. The summed E-state index contributed by atoms with van der Waals surface area (Å²) in [7, 11) is 0. The maximum Gasteiger partial charge on any atom is 0.409 e. The molecule has 0 atom stereocenters. The van der Waals surface area contributed by atoms with Crippen molar-refractivity contribution in [2.24, 2.45) is 0 Å². The molecule has 1 aromatic carbocycles. The predicted octanol–water partition coefficient (Wildman–Crippen LogP) is 3.11. The molecule has 3 rings (SSSR count). The van der Waals surface area contributed by atoms with Gasteiger partial charge in [-0.25, -0.2) is 9.78 Å². The first-order valence-electron chi connectivity index (χ1n) is 9.96. The quantitative estimate of drug-likeness (QED) is 0.741. The number of benzene rings is 1. The van der Waals surface area contributed by atoms with Crippen LogP contribution in [0.15, 0.2) is 36.4 Å². The summed E-state index contributed by atoms with van der Waals surface area (Å²) in [6.07, 6.45) is 1.82. The summed E-state index contributed by atoms with van der Waals surface area (Å²) >= 11 is 0. The molecule has 28 heavy (non-hydrogen) atoms. The second-order valence-electron chi connectivity index (χ2n) is 6.88. The summed E-state index contributed by atoms with van der Waals surface area (Å²) in [6, 6.07) is 12.5. The van der Waals surface area contributed by atoms with Crippen LogP contribution >= 0.6 is 0 Å². The van der Waals surface area contributed by atoms with Crippen LogP contribution in [-0.4, -0.2) is 60.3 Å². The van der Waals surface area contributed by atoms with Crippen molar-refractivity contribution in [3.8, 4) is 0 Å². The molecule has 0 spiro atoms. The van der Waals surface area contributed by atoms with Crippen molar-refractivity contribution in [3.05, 3.63) is 47.7 Å². The highest BCUT2D eigenvalue weighted by atomic mass is 16.6. The Hall–Kier alpha value is -2.83. The molecule has 1 aromatic heterocycles. The van der Waals surface area contributed by atoms with Crippen molar-refractivity contribution >= 4 is 17.9 Å². The molecule has 0 aliphatic carbocycles. The molecule has 1 N–H and O–H groups in total. The van der Waals surface area contributed by atoms with E-state index in [1.165, 1.54) is 5.56 Å². The van der Waals surface area contributed by atoms with Gasteiger partial charge in [0, 0.05) is 44.5 Å². The van der Waals surface area contributed by atoms with Gasteiger partial charge in [0.2, 0.25) is 5.95 Å². The van der Waals surface area contributed by atoms with E-state index >= 15 is 0 Å².